The molecule has 37 heavy (non-hydrogen) atoms. The first kappa shape index (κ1) is 24.4. The van der Waals surface area contributed by atoms with Crippen LogP contribution in [-0.4, -0.2) is 4.98 Å². The first-order chi connectivity index (χ1) is 17.4. The van der Waals surface area contributed by atoms with Crippen molar-refractivity contribution in [1.82, 2.24) is 4.98 Å². The molecule has 3 aromatic carbocycles. The fraction of sp³-hybridized carbons (Fsp3) is 0.353. The number of fused-ring (bicyclic) bond motifs is 5. The monoisotopic (exact) mass is 505 g/mol. The highest BCUT2D eigenvalue weighted by molar-refractivity contribution is 8.00. The van der Waals surface area contributed by atoms with Gasteiger partial charge in [0.05, 0.1) is 16.5 Å². The van der Waals surface area contributed by atoms with Crippen LogP contribution in [0.5, 0.6) is 0 Å². The third-order valence-corrected chi connectivity index (χ3v) is 8.71. The van der Waals surface area contributed by atoms with Crippen LogP contribution in [0.3, 0.4) is 0 Å². The molecule has 0 saturated heterocycles. The Hall–Kier alpha value is -2.91. The van der Waals surface area contributed by atoms with Gasteiger partial charge in [-0.3, -0.25) is 4.98 Å². The number of benzene rings is 3. The minimum absolute atomic E-state index is 0.173. The van der Waals surface area contributed by atoms with E-state index in [9.17, 15) is 0 Å². The molecule has 2 aromatic heterocycles. The number of aryl methyl sites for hydroxylation is 2. The van der Waals surface area contributed by atoms with Gasteiger partial charge in [0.25, 0.3) is 0 Å². The molecule has 0 fully saturated rings. The standard InChI is InChI=1S/C34H37N2S/c1-20-28-31-29-24(13-15-36(31)8)23-12-11-21(18-33(2,3)4)16-22(23)17-27(29)37-32(28)26(19-34(5,6)7)25-10-9-14-35-30(20)25/h9-17H,18-19H2,1-8H3/q+1. The van der Waals surface area contributed by atoms with E-state index in [4.69, 9.17) is 4.98 Å². The van der Waals surface area contributed by atoms with Crippen molar-refractivity contribution in [1.29, 1.82) is 0 Å². The molecule has 0 unspecified atom stereocenters. The first-order valence-corrected chi connectivity index (χ1v) is 14.2. The van der Waals surface area contributed by atoms with E-state index in [0.717, 1.165) is 18.4 Å². The normalized spacial score (nSPS) is 13.5. The summed E-state index contributed by atoms with van der Waals surface area (Å²) in [5.41, 5.74) is 8.39. The third-order valence-electron chi connectivity index (χ3n) is 7.52. The molecule has 5 aromatic rings. The van der Waals surface area contributed by atoms with E-state index in [1.807, 2.05) is 18.0 Å². The van der Waals surface area contributed by atoms with Crippen LogP contribution in [-0.2, 0) is 19.9 Å². The van der Waals surface area contributed by atoms with E-state index < -0.39 is 0 Å². The number of nitrogens with zero attached hydrogens (tertiary/aromatic N) is 2. The SMILES string of the molecule is Cc1c2c(c(CC(C)(C)C)c3cccnc13)Sc1cc3cc(CC(C)(C)C)ccc3c3cc[n+](C)c-2c13. The lowest BCUT2D eigenvalue weighted by Crippen LogP contribution is -2.32. The van der Waals surface area contributed by atoms with Crippen molar-refractivity contribution in [3.05, 3.63) is 71.5 Å². The summed E-state index contributed by atoms with van der Waals surface area (Å²) >= 11 is 1.97. The summed E-state index contributed by atoms with van der Waals surface area (Å²) in [6.07, 6.45) is 6.28. The van der Waals surface area contributed by atoms with Crippen molar-refractivity contribution < 1.29 is 4.57 Å². The van der Waals surface area contributed by atoms with Crippen LogP contribution in [0, 0.1) is 17.8 Å². The minimum Gasteiger partial charge on any atom is -0.256 e. The summed E-state index contributed by atoms with van der Waals surface area (Å²) in [6.45, 7) is 16.2. The van der Waals surface area contributed by atoms with Crippen molar-refractivity contribution in [3.8, 4) is 11.3 Å². The van der Waals surface area contributed by atoms with Crippen LogP contribution >= 0.6 is 11.8 Å². The lowest BCUT2D eigenvalue weighted by atomic mass is 9.83. The molecule has 0 bridgehead atoms. The molecule has 0 atom stereocenters. The second-order valence-electron chi connectivity index (χ2n) is 13.3. The Labute approximate surface area is 225 Å². The molecule has 0 aliphatic carbocycles. The lowest BCUT2D eigenvalue weighted by Gasteiger charge is -2.27. The number of hydrogen-bond acceptors (Lipinski definition) is 2. The van der Waals surface area contributed by atoms with Crippen LogP contribution in [0.25, 0.3) is 43.7 Å². The summed E-state index contributed by atoms with van der Waals surface area (Å²) < 4.78 is 2.33. The second-order valence-corrected chi connectivity index (χ2v) is 14.3. The van der Waals surface area contributed by atoms with E-state index in [2.05, 4.69) is 109 Å². The molecule has 188 valence electrons. The molecule has 0 spiro atoms. The molecule has 6 rings (SSSR count). The minimum atomic E-state index is 0.173. The van der Waals surface area contributed by atoms with E-state index in [0.29, 0.717) is 0 Å². The molecule has 1 aliphatic heterocycles. The summed E-state index contributed by atoms with van der Waals surface area (Å²) in [5, 5.41) is 6.70. The van der Waals surface area contributed by atoms with Gasteiger partial charge in [-0.05, 0) is 70.2 Å². The summed E-state index contributed by atoms with van der Waals surface area (Å²) in [7, 11) is 2.19. The topological polar surface area (TPSA) is 16.8 Å². The van der Waals surface area contributed by atoms with E-state index in [1.54, 1.807) is 0 Å². The van der Waals surface area contributed by atoms with Crippen LogP contribution in [0.1, 0.15) is 58.2 Å². The Morgan fingerprint density at radius 2 is 1.62 bits per heavy atom. The summed E-state index contributed by atoms with van der Waals surface area (Å²) in [4.78, 5) is 7.68. The van der Waals surface area contributed by atoms with Gasteiger partial charge >= 0.3 is 0 Å². The summed E-state index contributed by atoms with van der Waals surface area (Å²) in [5.74, 6) is 0. The van der Waals surface area contributed by atoms with Gasteiger partial charge in [-0.1, -0.05) is 77.6 Å². The zero-order chi connectivity index (χ0) is 26.3. The van der Waals surface area contributed by atoms with Crippen molar-refractivity contribution >= 4 is 44.2 Å². The number of rotatable bonds is 2. The predicted octanol–water partition coefficient (Wildman–Crippen LogP) is 8.98. The lowest BCUT2D eigenvalue weighted by molar-refractivity contribution is -0.659. The Morgan fingerprint density at radius 3 is 2.35 bits per heavy atom. The third kappa shape index (κ3) is 4.12. The number of pyridine rings is 2. The molecular weight excluding hydrogens is 468 g/mol. The van der Waals surface area contributed by atoms with Gasteiger partial charge in [-0.15, -0.1) is 0 Å². The van der Waals surface area contributed by atoms with Gasteiger partial charge in [0, 0.05) is 32.8 Å². The molecule has 3 heteroatoms. The van der Waals surface area contributed by atoms with Crippen molar-refractivity contribution in [2.75, 3.05) is 0 Å². The molecule has 0 N–H and O–H groups in total. The van der Waals surface area contributed by atoms with E-state index in [-0.39, 0.29) is 10.8 Å². The molecular formula is C34H37N2S+. The average Bonchev–Trinajstić information content (AvgIpc) is 2.81. The van der Waals surface area contributed by atoms with Crippen LogP contribution < -0.4 is 4.57 Å². The zero-order valence-electron chi connectivity index (χ0n) is 23.4. The molecule has 2 nitrogen and oxygen atoms in total. The Kier molecular flexibility index (Phi) is 5.48. The van der Waals surface area contributed by atoms with Gasteiger partial charge in [0.2, 0.25) is 5.69 Å². The Balaban J connectivity index is 1.71. The Morgan fingerprint density at radius 1 is 0.865 bits per heavy atom. The predicted molar refractivity (Wildman–Crippen MR) is 159 cm³/mol. The molecule has 3 heterocycles. The van der Waals surface area contributed by atoms with Crippen molar-refractivity contribution in [2.24, 2.45) is 17.9 Å². The van der Waals surface area contributed by atoms with Gasteiger partial charge in [0.1, 0.15) is 7.05 Å². The van der Waals surface area contributed by atoms with E-state index >= 15 is 0 Å². The maximum absolute atomic E-state index is 4.90. The molecule has 0 saturated carbocycles. The molecule has 0 radical (unpaired) electrons. The van der Waals surface area contributed by atoms with Gasteiger partial charge in [0.15, 0.2) is 6.20 Å². The highest BCUT2D eigenvalue weighted by atomic mass is 32.2. The smallest absolute Gasteiger partial charge is 0.222 e. The quantitative estimate of drug-likeness (QED) is 0.172. The Bertz CT molecular complexity index is 1730. The van der Waals surface area contributed by atoms with Crippen molar-refractivity contribution in [3.63, 3.8) is 0 Å². The average molecular weight is 506 g/mol. The summed E-state index contributed by atoms with van der Waals surface area (Å²) in [6, 6.07) is 16.2. The van der Waals surface area contributed by atoms with Crippen LogP contribution in [0.15, 0.2) is 64.6 Å². The fourth-order valence-corrected chi connectivity index (χ4v) is 7.51. The number of aromatic nitrogens is 2. The maximum Gasteiger partial charge on any atom is 0.222 e. The number of hydrogen-bond donors (Lipinski definition) is 0. The zero-order valence-corrected chi connectivity index (χ0v) is 24.2. The first-order valence-electron chi connectivity index (χ1n) is 13.4. The second kappa shape index (κ2) is 8.30. The van der Waals surface area contributed by atoms with Crippen molar-refractivity contribution in [2.45, 2.75) is 71.1 Å². The largest absolute Gasteiger partial charge is 0.256 e. The van der Waals surface area contributed by atoms with Gasteiger partial charge < -0.3 is 0 Å². The van der Waals surface area contributed by atoms with E-state index in [1.165, 1.54) is 64.7 Å². The fourth-order valence-electron chi connectivity index (χ4n) is 6.14. The van der Waals surface area contributed by atoms with Crippen LogP contribution in [0.2, 0.25) is 0 Å². The van der Waals surface area contributed by atoms with Gasteiger partial charge in [-0.2, -0.15) is 0 Å². The molecule has 1 aliphatic rings. The van der Waals surface area contributed by atoms with Crippen LogP contribution in [0.4, 0.5) is 0 Å². The highest BCUT2D eigenvalue weighted by Crippen LogP contribution is 2.53. The highest BCUT2D eigenvalue weighted by Gasteiger charge is 2.33. The maximum atomic E-state index is 4.90. The molecule has 0 amide bonds. The van der Waals surface area contributed by atoms with Gasteiger partial charge in [-0.25, -0.2) is 4.57 Å².